The third-order valence-electron chi connectivity index (χ3n) is 5.23. The molecule has 1 aromatic heterocycles. The molecule has 0 aliphatic carbocycles. The van der Waals surface area contributed by atoms with Gasteiger partial charge in [0, 0.05) is 29.4 Å². The Labute approximate surface area is 216 Å². The molecule has 3 N–H and O–H groups in total. The minimum Gasteiger partial charge on any atom is -0.497 e. The summed E-state index contributed by atoms with van der Waals surface area (Å²) in [5.41, 5.74) is 1.07. The van der Waals surface area contributed by atoms with E-state index in [-0.39, 0.29) is 18.0 Å². The van der Waals surface area contributed by atoms with E-state index in [1.54, 1.807) is 54.0 Å². The fourth-order valence-electron chi connectivity index (χ4n) is 3.35. The topological polar surface area (TPSA) is 162 Å². The van der Waals surface area contributed by atoms with Crippen LogP contribution in [0.2, 0.25) is 0 Å². The molecule has 0 radical (unpaired) electrons. The van der Waals surface area contributed by atoms with Crippen molar-refractivity contribution in [1.29, 1.82) is 0 Å². The van der Waals surface area contributed by atoms with Crippen LogP contribution in [0.1, 0.15) is 27.8 Å². The maximum atomic E-state index is 12.7. The van der Waals surface area contributed by atoms with Gasteiger partial charge in [-0.05, 0) is 37.3 Å². The number of carbonyl (C=O) groups excluding carboxylic acids is 2. The molecule has 0 saturated heterocycles. The molecule has 1 heterocycles. The average Bonchev–Trinajstić information content (AvgIpc) is 3.29. The molecule has 1 atom stereocenters. The number of rotatable bonds is 12. The van der Waals surface area contributed by atoms with Crippen molar-refractivity contribution < 1.29 is 24.4 Å². The van der Waals surface area contributed by atoms with Gasteiger partial charge in [-0.3, -0.25) is 19.7 Å². The molecular formula is C24H26N6O6S. The Morgan fingerprint density at radius 1 is 1.27 bits per heavy atom. The van der Waals surface area contributed by atoms with Crippen molar-refractivity contribution in [1.82, 2.24) is 20.1 Å². The maximum absolute atomic E-state index is 12.7. The van der Waals surface area contributed by atoms with E-state index in [1.165, 1.54) is 13.2 Å². The van der Waals surface area contributed by atoms with Gasteiger partial charge in [0.25, 0.3) is 11.6 Å². The molecule has 0 fully saturated rings. The van der Waals surface area contributed by atoms with Crippen molar-refractivity contribution >= 4 is 35.0 Å². The van der Waals surface area contributed by atoms with E-state index >= 15 is 0 Å². The van der Waals surface area contributed by atoms with Crippen molar-refractivity contribution in [3.05, 3.63) is 82.2 Å². The number of carbonyl (C=O) groups is 2. The standard InChI is InChI=1S/C24H26N6O6S/c1-4-11-29-22(19(13-31)26-23(33)16-6-9-18(36-3)10-7-16)27-28-24(29)37-14-21(32)25-17-8-5-15(2)20(12-17)30(34)35/h4-10,12,19,31H,1,11,13-14H2,2-3H3,(H,25,32)(H,26,33)/t19-/m0/s1. The predicted molar refractivity (Wildman–Crippen MR) is 138 cm³/mol. The lowest BCUT2D eigenvalue weighted by atomic mass is 10.2. The molecule has 13 heteroatoms. The smallest absolute Gasteiger partial charge is 0.274 e. The van der Waals surface area contributed by atoms with Crippen molar-refractivity contribution in [2.24, 2.45) is 0 Å². The second-order valence-electron chi connectivity index (χ2n) is 7.77. The van der Waals surface area contributed by atoms with Gasteiger partial charge < -0.3 is 25.0 Å². The summed E-state index contributed by atoms with van der Waals surface area (Å²) in [7, 11) is 1.52. The van der Waals surface area contributed by atoms with E-state index in [4.69, 9.17) is 4.74 Å². The zero-order chi connectivity index (χ0) is 26.9. The van der Waals surface area contributed by atoms with Gasteiger partial charge >= 0.3 is 0 Å². The van der Waals surface area contributed by atoms with Crippen LogP contribution in [0.5, 0.6) is 5.75 Å². The van der Waals surface area contributed by atoms with Crippen LogP contribution in [-0.4, -0.2) is 56.1 Å². The van der Waals surface area contributed by atoms with Gasteiger partial charge in [0.15, 0.2) is 11.0 Å². The van der Waals surface area contributed by atoms with E-state index in [2.05, 4.69) is 27.4 Å². The predicted octanol–water partition coefficient (Wildman–Crippen LogP) is 2.88. The van der Waals surface area contributed by atoms with Gasteiger partial charge in [0.1, 0.15) is 11.8 Å². The van der Waals surface area contributed by atoms with Crippen LogP contribution in [0.15, 0.2) is 60.3 Å². The number of nitro groups is 1. The minimum absolute atomic E-state index is 0.0566. The number of allylic oxidation sites excluding steroid dienone is 1. The normalized spacial score (nSPS) is 11.4. The number of nitro benzene ring substituents is 1. The number of hydrogen-bond acceptors (Lipinski definition) is 9. The summed E-state index contributed by atoms with van der Waals surface area (Å²) in [6.07, 6.45) is 1.60. The number of aliphatic hydroxyl groups is 1. The first-order valence-electron chi connectivity index (χ1n) is 11.0. The van der Waals surface area contributed by atoms with Gasteiger partial charge in [-0.25, -0.2) is 0 Å². The first-order valence-corrected chi connectivity index (χ1v) is 12.0. The molecule has 3 aromatic rings. The van der Waals surface area contributed by atoms with Gasteiger partial charge in [-0.1, -0.05) is 23.9 Å². The quantitative estimate of drug-likeness (QED) is 0.139. The zero-order valence-electron chi connectivity index (χ0n) is 20.2. The molecular weight excluding hydrogens is 500 g/mol. The van der Waals surface area contributed by atoms with Gasteiger partial charge in [0.05, 0.1) is 24.4 Å². The van der Waals surface area contributed by atoms with Crippen LogP contribution in [0, 0.1) is 17.0 Å². The average molecular weight is 527 g/mol. The number of aryl methyl sites for hydroxylation is 1. The van der Waals surface area contributed by atoms with E-state index in [0.29, 0.717) is 33.5 Å². The van der Waals surface area contributed by atoms with E-state index in [1.807, 2.05) is 0 Å². The monoisotopic (exact) mass is 526 g/mol. The van der Waals surface area contributed by atoms with Crippen LogP contribution in [0.3, 0.4) is 0 Å². The Hall–Kier alpha value is -4.23. The van der Waals surface area contributed by atoms with Crippen molar-refractivity contribution in [2.45, 2.75) is 24.7 Å². The number of benzene rings is 2. The summed E-state index contributed by atoms with van der Waals surface area (Å²) < 4.78 is 6.73. The Bertz CT molecular complexity index is 1290. The molecule has 3 rings (SSSR count). The number of nitrogens with zero attached hydrogens (tertiary/aromatic N) is 4. The van der Waals surface area contributed by atoms with E-state index in [0.717, 1.165) is 11.8 Å². The lowest BCUT2D eigenvalue weighted by molar-refractivity contribution is -0.385. The van der Waals surface area contributed by atoms with Gasteiger partial charge in [0.2, 0.25) is 5.91 Å². The number of aliphatic hydroxyl groups excluding tert-OH is 1. The van der Waals surface area contributed by atoms with Crippen LogP contribution in [0.25, 0.3) is 0 Å². The fourth-order valence-corrected chi connectivity index (χ4v) is 4.11. The number of hydrogen-bond donors (Lipinski definition) is 3. The largest absolute Gasteiger partial charge is 0.497 e. The molecule has 0 saturated carbocycles. The maximum Gasteiger partial charge on any atom is 0.274 e. The summed E-state index contributed by atoms with van der Waals surface area (Å²) >= 11 is 1.08. The Balaban J connectivity index is 1.70. The van der Waals surface area contributed by atoms with Gasteiger partial charge in [-0.2, -0.15) is 0 Å². The van der Waals surface area contributed by atoms with Crippen LogP contribution >= 0.6 is 11.8 Å². The third-order valence-corrected chi connectivity index (χ3v) is 6.20. The van der Waals surface area contributed by atoms with Crippen LogP contribution < -0.4 is 15.4 Å². The fraction of sp³-hybridized carbons (Fsp3) is 0.250. The van der Waals surface area contributed by atoms with E-state index < -0.39 is 29.4 Å². The highest BCUT2D eigenvalue weighted by Gasteiger charge is 2.23. The van der Waals surface area contributed by atoms with Crippen molar-refractivity contribution in [2.75, 3.05) is 24.8 Å². The molecule has 2 aromatic carbocycles. The number of anilines is 1. The lowest BCUT2D eigenvalue weighted by Gasteiger charge is -2.17. The lowest BCUT2D eigenvalue weighted by Crippen LogP contribution is -2.33. The van der Waals surface area contributed by atoms with Crippen molar-refractivity contribution in [3.63, 3.8) is 0 Å². The second-order valence-corrected chi connectivity index (χ2v) is 8.71. The summed E-state index contributed by atoms with van der Waals surface area (Å²) in [5, 5.41) is 35.1. The Morgan fingerprint density at radius 3 is 2.62 bits per heavy atom. The summed E-state index contributed by atoms with van der Waals surface area (Å²) in [4.78, 5) is 35.8. The zero-order valence-corrected chi connectivity index (χ0v) is 21.0. The van der Waals surface area contributed by atoms with E-state index in [9.17, 15) is 24.8 Å². The number of methoxy groups -OCH3 is 1. The number of aromatic nitrogens is 3. The molecule has 194 valence electrons. The number of nitrogens with one attached hydrogen (secondary N) is 2. The molecule has 2 amide bonds. The number of amides is 2. The highest BCUT2D eigenvalue weighted by molar-refractivity contribution is 7.99. The Morgan fingerprint density at radius 2 is 2.00 bits per heavy atom. The summed E-state index contributed by atoms with van der Waals surface area (Å²) in [5.74, 6) is 0.0208. The molecule has 0 aliphatic rings. The molecule has 12 nitrogen and oxygen atoms in total. The first-order chi connectivity index (χ1) is 17.8. The molecule has 0 aliphatic heterocycles. The molecule has 0 spiro atoms. The second kappa shape index (κ2) is 12.6. The van der Waals surface area contributed by atoms with Crippen LogP contribution in [0.4, 0.5) is 11.4 Å². The highest BCUT2D eigenvalue weighted by atomic mass is 32.2. The molecule has 0 bridgehead atoms. The third kappa shape index (κ3) is 6.92. The number of thioether (sulfide) groups is 1. The minimum atomic E-state index is -0.863. The SMILES string of the molecule is C=CCn1c(SCC(=O)Nc2ccc(C)c([N+](=O)[O-])c2)nnc1[C@H](CO)NC(=O)c1ccc(OC)cc1. The first kappa shape index (κ1) is 27.4. The number of ether oxygens (including phenoxy) is 1. The van der Waals surface area contributed by atoms with Crippen molar-refractivity contribution in [3.8, 4) is 5.75 Å². The van der Waals surface area contributed by atoms with Gasteiger partial charge in [-0.15, -0.1) is 16.8 Å². The molecule has 37 heavy (non-hydrogen) atoms. The summed E-state index contributed by atoms with van der Waals surface area (Å²) in [6, 6.07) is 10.1. The van der Waals surface area contributed by atoms with Crippen LogP contribution in [-0.2, 0) is 11.3 Å². The highest BCUT2D eigenvalue weighted by Crippen LogP contribution is 2.24. The Kier molecular flexibility index (Phi) is 9.35. The summed E-state index contributed by atoms with van der Waals surface area (Å²) in [6.45, 7) is 5.17. The molecule has 0 unspecified atom stereocenters.